The van der Waals surface area contributed by atoms with Gasteiger partial charge in [-0.15, -0.1) is 0 Å². The molecule has 3 saturated carbocycles. The fourth-order valence-electron chi connectivity index (χ4n) is 8.58. The van der Waals surface area contributed by atoms with Crippen molar-refractivity contribution in [3.63, 3.8) is 0 Å². The number of fused-ring (bicyclic) bond motifs is 5. The van der Waals surface area contributed by atoms with Crippen molar-refractivity contribution >= 4 is 27.8 Å². The molecule has 0 aromatic heterocycles. The number of esters is 1. The lowest BCUT2D eigenvalue weighted by molar-refractivity contribution is -0.146. The van der Waals surface area contributed by atoms with Crippen LogP contribution in [0.4, 0.5) is 0 Å². The number of hydrogen-bond acceptors (Lipinski definition) is 3. The minimum Gasteiger partial charge on any atom is -0.458 e. The van der Waals surface area contributed by atoms with Crippen molar-refractivity contribution in [1.29, 1.82) is 0 Å². The minimum absolute atomic E-state index is 0.0169. The van der Waals surface area contributed by atoms with Crippen LogP contribution in [0.25, 0.3) is 0 Å². The maximum absolute atomic E-state index is 13.6. The van der Waals surface area contributed by atoms with E-state index in [1.807, 2.05) is 12.1 Å². The second-order valence-electron chi connectivity index (χ2n) is 12.2. The molecule has 1 aromatic carbocycles. The SMILES string of the molecule is CC(=O)O[C@@H]1C=C2CC[C@H]3[C@@H]4CC[C@H](C(=O)N[C@H](C)c5ccc(Br)cc5)[C@@]4(C)CC[C@@H]3[C@@]2(C)CC1. The third-order valence-electron chi connectivity index (χ3n) is 10.4. The number of ether oxygens (including phenoxy) is 1. The topological polar surface area (TPSA) is 55.4 Å². The molecule has 0 heterocycles. The van der Waals surface area contributed by atoms with E-state index in [9.17, 15) is 9.59 Å². The van der Waals surface area contributed by atoms with Gasteiger partial charge in [-0.05, 0) is 111 Å². The molecule has 0 radical (unpaired) electrons. The third kappa shape index (κ3) is 4.40. The fraction of sp³-hybridized carbons (Fsp3) is 0.667. The van der Waals surface area contributed by atoms with Crippen LogP contribution in [0.5, 0.6) is 0 Å². The Hall–Kier alpha value is -1.62. The number of amides is 1. The van der Waals surface area contributed by atoms with Gasteiger partial charge in [-0.2, -0.15) is 0 Å². The number of carbonyl (C=O) groups excluding carboxylic acids is 2. The summed E-state index contributed by atoms with van der Waals surface area (Å²) in [5.41, 5.74) is 2.98. The van der Waals surface area contributed by atoms with Gasteiger partial charge in [0.1, 0.15) is 6.10 Å². The van der Waals surface area contributed by atoms with Crippen LogP contribution in [0.1, 0.15) is 90.7 Å². The highest BCUT2D eigenvalue weighted by molar-refractivity contribution is 9.10. The zero-order valence-corrected chi connectivity index (χ0v) is 23.2. The number of allylic oxidation sites excluding steroid dienone is 1. The van der Waals surface area contributed by atoms with E-state index in [-0.39, 0.29) is 40.8 Å². The molecule has 35 heavy (non-hydrogen) atoms. The largest absolute Gasteiger partial charge is 0.458 e. The average Bonchev–Trinajstić information content (AvgIpc) is 3.16. The molecule has 1 N–H and O–H groups in total. The zero-order valence-electron chi connectivity index (χ0n) is 21.6. The van der Waals surface area contributed by atoms with Crippen molar-refractivity contribution in [2.45, 2.75) is 91.2 Å². The summed E-state index contributed by atoms with van der Waals surface area (Å²) >= 11 is 3.50. The minimum atomic E-state index is -0.178. The molecule has 4 aliphatic carbocycles. The van der Waals surface area contributed by atoms with Gasteiger partial charge < -0.3 is 10.1 Å². The van der Waals surface area contributed by atoms with Gasteiger partial charge in [-0.3, -0.25) is 9.59 Å². The van der Waals surface area contributed by atoms with Crippen molar-refractivity contribution in [3.05, 3.63) is 46.0 Å². The lowest BCUT2D eigenvalue weighted by Gasteiger charge is -2.58. The molecule has 190 valence electrons. The van der Waals surface area contributed by atoms with Gasteiger partial charge in [0.05, 0.1) is 6.04 Å². The van der Waals surface area contributed by atoms with Gasteiger partial charge in [0.15, 0.2) is 0 Å². The zero-order chi connectivity index (χ0) is 25.0. The summed E-state index contributed by atoms with van der Waals surface area (Å²) in [5, 5.41) is 3.36. The lowest BCUT2D eigenvalue weighted by Crippen LogP contribution is -2.52. The smallest absolute Gasteiger partial charge is 0.303 e. The number of rotatable bonds is 4. The van der Waals surface area contributed by atoms with Gasteiger partial charge in [0.2, 0.25) is 5.91 Å². The molecule has 0 aliphatic heterocycles. The number of nitrogens with one attached hydrogen (secondary N) is 1. The van der Waals surface area contributed by atoms with E-state index in [4.69, 9.17) is 4.74 Å². The summed E-state index contributed by atoms with van der Waals surface area (Å²) in [4.78, 5) is 25.1. The van der Waals surface area contributed by atoms with Crippen LogP contribution in [-0.4, -0.2) is 18.0 Å². The first kappa shape index (κ1) is 25.0. The fourth-order valence-corrected chi connectivity index (χ4v) is 8.85. The van der Waals surface area contributed by atoms with Crippen LogP contribution >= 0.6 is 15.9 Å². The van der Waals surface area contributed by atoms with Gasteiger partial charge in [-0.25, -0.2) is 0 Å². The Kier molecular flexibility index (Phi) is 6.69. The summed E-state index contributed by atoms with van der Waals surface area (Å²) in [5.74, 6) is 2.18. The molecule has 3 fully saturated rings. The van der Waals surface area contributed by atoms with E-state index in [1.54, 1.807) is 0 Å². The average molecular weight is 543 g/mol. The Bertz CT molecular complexity index is 1020. The molecule has 4 nitrogen and oxygen atoms in total. The van der Waals surface area contributed by atoms with Crippen molar-refractivity contribution in [2.75, 3.05) is 0 Å². The van der Waals surface area contributed by atoms with Crippen molar-refractivity contribution in [3.8, 4) is 0 Å². The van der Waals surface area contributed by atoms with E-state index in [0.29, 0.717) is 17.8 Å². The van der Waals surface area contributed by atoms with Crippen molar-refractivity contribution in [1.82, 2.24) is 5.32 Å². The van der Waals surface area contributed by atoms with Crippen LogP contribution in [-0.2, 0) is 14.3 Å². The number of carbonyl (C=O) groups is 2. The molecule has 1 aromatic rings. The summed E-state index contributed by atoms with van der Waals surface area (Å²) in [6, 6.07) is 8.27. The Morgan fingerprint density at radius 1 is 1.03 bits per heavy atom. The van der Waals surface area contributed by atoms with Crippen molar-refractivity contribution < 1.29 is 14.3 Å². The van der Waals surface area contributed by atoms with Crippen LogP contribution < -0.4 is 5.32 Å². The summed E-state index contributed by atoms with van der Waals surface area (Å²) in [6.45, 7) is 8.49. The first-order valence-corrected chi connectivity index (χ1v) is 14.4. The van der Waals surface area contributed by atoms with Crippen LogP contribution in [0, 0.1) is 34.5 Å². The van der Waals surface area contributed by atoms with Crippen LogP contribution in [0.2, 0.25) is 0 Å². The first-order chi connectivity index (χ1) is 16.6. The predicted molar refractivity (Wildman–Crippen MR) is 141 cm³/mol. The molecule has 5 rings (SSSR count). The highest BCUT2D eigenvalue weighted by Crippen LogP contribution is 2.66. The Balaban J connectivity index is 1.30. The molecule has 0 bridgehead atoms. The molecule has 0 unspecified atom stereocenters. The number of hydrogen-bond donors (Lipinski definition) is 1. The van der Waals surface area contributed by atoms with Crippen LogP contribution in [0.15, 0.2) is 40.4 Å². The van der Waals surface area contributed by atoms with E-state index in [2.05, 4.69) is 60.2 Å². The van der Waals surface area contributed by atoms with E-state index in [0.717, 1.165) is 42.1 Å². The van der Waals surface area contributed by atoms with Crippen LogP contribution in [0.3, 0.4) is 0 Å². The highest BCUT2D eigenvalue weighted by atomic mass is 79.9. The molecule has 0 saturated heterocycles. The Morgan fingerprint density at radius 2 is 1.77 bits per heavy atom. The Morgan fingerprint density at radius 3 is 2.49 bits per heavy atom. The summed E-state index contributed by atoms with van der Waals surface area (Å²) < 4.78 is 6.61. The second kappa shape index (κ2) is 9.36. The lowest BCUT2D eigenvalue weighted by atomic mass is 9.47. The third-order valence-corrected chi connectivity index (χ3v) is 11.0. The monoisotopic (exact) mass is 541 g/mol. The number of halogens is 1. The molecule has 4 aliphatic rings. The van der Waals surface area contributed by atoms with E-state index < -0.39 is 0 Å². The van der Waals surface area contributed by atoms with Gasteiger partial charge >= 0.3 is 5.97 Å². The molecule has 5 heteroatoms. The first-order valence-electron chi connectivity index (χ1n) is 13.6. The molecule has 8 atom stereocenters. The quantitative estimate of drug-likeness (QED) is 0.325. The molecular formula is C30H40BrNO3. The summed E-state index contributed by atoms with van der Waals surface area (Å²) in [7, 11) is 0. The standard InChI is InChI=1S/C30H40BrNO3/c1-18(20-5-8-22(31)9-6-20)32-28(34)27-12-11-25-24-10-7-21-17-23(35-19(2)33)13-15-29(21,3)26(24)14-16-30(25,27)4/h5-6,8-9,17-18,23-27H,7,10-16H2,1-4H3,(H,32,34)/t18-,23+,24+,25+,26+,27-,29+,30+/m1/s1. The molecule has 1 amide bonds. The molecular weight excluding hydrogens is 502 g/mol. The summed E-state index contributed by atoms with van der Waals surface area (Å²) in [6.07, 6.45) is 11.1. The maximum atomic E-state index is 13.6. The molecule has 0 spiro atoms. The maximum Gasteiger partial charge on any atom is 0.303 e. The highest BCUT2D eigenvalue weighted by Gasteiger charge is 2.60. The Labute approximate surface area is 218 Å². The normalized spacial score (nSPS) is 38.9. The van der Waals surface area contributed by atoms with E-state index in [1.165, 1.54) is 31.8 Å². The number of benzene rings is 1. The predicted octanol–water partition coefficient (Wildman–Crippen LogP) is 7.14. The van der Waals surface area contributed by atoms with E-state index >= 15 is 0 Å². The van der Waals surface area contributed by atoms with Gasteiger partial charge in [0, 0.05) is 17.3 Å². The van der Waals surface area contributed by atoms with Gasteiger partial charge in [-0.1, -0.05) is 47.5 Å². The van der Waals surface area contributed by atoms with Crippen molar-refractivity contribution in [2.24, 2.45) is 34.5 Å². The second-order valence-corrected chi connectivity index (χ2v) is 13.1. The van der Waals surface area contributed by atoms with Gasteiger partial charge in [0.25, 0.3) is 0 Å².